The van der Waals surface area contributed by atoms with Crippen molar-refractivity contribution in [2.24, 2.45) is 10.4 Å². The Morgan fingerprint density at radius 2 is 1.69 bits per heavy atom. The quantitative estimate of drug-likeness (QED) is 0.214. The summed E-state index contributed by atoms with van der Waals surface area (Å²) in [5.41, 5.74) is 6.89. The van der Waals surface area contributed by atoms with Gasteiger partial charge in [0.1, 0.15) is 12.1 Å². The second-order valence-electron chi connectivity index (χ2n) is 11.9. The number of nitrogens with one attached hydrogen (secondary N) is 1. The van der Waals surface area contributed by atoms with E-state index in [9.17, 15) is 18.0 Å². The van der Waals surface area contributed by atoms with Crippen molar-refractivity contribution in [2.45, 2.75) is 47.4 Å². The van der Waals surface area contributed by atoms with Crippen LogP contribution in [0, 0.1) is 26.2 Å². The summed E-state index contributed by atoms with van der Waals surface area (Å²) >= 11 is 1.59. The van der Waals surface area contributed by atoms with Gasteiger partial charge in [-0.15, -0.1) is 18.3 Å². The number of hydrogen-bond acceptors (Lipinski definition) is 5. The molecule has 1 fully saturated rings. The molecule has 236 valence electrons. The molecule has 0 aliphatic carbocycles. The zero-order valence-electron chi connectivity index (χ0n) is 25.8. The molecule has 45 heavy (non-hydrogen) atoms. The lowest BCUT2D eigenvalue weighted by Crippen LogP contribution is -2.35. The number of amidine groups is 1. The second-order valence-corrected chi connectivity index (χ2v) is 13.0. The first-order valence-electron chi connectivity index (χ1n) is 14.5. The molecule has 0 bridgehead atoms. The molecule has 4 aromatic rings. The average Bonchev–Trinajstić information content (AvgIpc) is 3.62. The number of carbonyl (C=O) groups excluding carboxylic acids is 1. The van der Waals surface area contributed by atoms with E-state index < -0.39 is 6.36 Å². The first-order chi connectivity index (χ1) is 21.3. The number of rotatable bonds is 8. The zero-order chi connectivity index (χ0) is 32.4. The van der Waals surface area contributed by atoms with Gasteiger partial charge in [0.05, 0.1) is 5.69 Å². The minimum Gasteiger partial charge on any atom is -0.406 e. The molecule has 12 heteroatoms. The molecular weight excluding hydrogens is 601 g/mol. The molecule has 1 aromatic heterocycles. The Kier molecular flexibility index (Phi) is 9.24. The monoisotopic (exact) mass is 636 g/mol. The maximum absolute atomic E-state index is 12.9. The lowest BCUT2D eigenvalue weighted by Gasteiger charge is -2.25. The molecule has 0 atom stereocenters. The number of thioether (sulfide) groups is 1. The first-order valence-corrected chi connectivity index (χ1v) is 15.5. The van der Waals surface area contributed by atoms with Gasteiger partial charge < -0.3 is 15.0 Å². The van der Waals surface area contributed by atoms with Gasteiger partial charge in [0.25, 0.3) is 0 Å². The molecule has 8 nitrogen and oxygen atoms in total. The number of hydrogen-bond donors (Lipinski definition) is 1. The zero-order valence-corrected chi connectivity index (χ0v) is 26.6. The Morgan fingerprint density at radius 1 is 1.02 bits per heavy atom. The third kappa shape index (κ3) is 8.24. The van der Waals surface area contributed by atoms with Crippen LogP contribution < -0.4 is 15.0 Å². The highest BCUT2D eigenvalue weighted by Crippen LogP contribution is 2.32. The minimum absolute atomic E-state index is 0.230. The SMILES string of the molecule is Cc1cc(C)c(N2CCS/C2=N\C(=O)NCC(C)(C)Cc2ccc(-c3ncn(-c4ccc(OC(F)(F)F)cc4)n3)cc2)c(C)c1. The van der Waals surface area contributed by atoms with Crippen molar-refractivity contribution in [1.82, 2.24) is 20.1 Å². The Labute approximate surface area is 264 Å². The average molecular weight is 637 g/mol. The Morgan fingerprint density at radius 3 is 2.33 bits per heavy atom. The molecule has 0 unspecified atom stereocenters. The van der Waals surface area contributed by atoms with E-state index in [1.807, 2.05) is 24.3 Å². The number of aromatic nitrogens is 3. The molecule has 3 aromatic carbocycles. The number of urea groups is 1. The van der Waals surface area contributed by atoms with Gasteiger partial charge in [0.15, 0.2) is 11.0 Å². The number of nitrogens with zero attached hydrogens (tertiary/aromatic N) is 5. The van der Waals surface area contributed by atoms with Gasteiger partial charge in [-0.3, -0.25) is 0 Å². The smallest absolute Gasteiger partial charge is 0.406 e. The van der Waals surface area contributed by atoms with E-state index in [2.05, 4.69) is 76.8 Å². The van der Waals surface area contributed by atoms with Crippen molar-refractivity contribution < 1.29 is 22.7 Å². The summed E-state index contributed by atoms with van der Waals surface area (Å²) in [4.78, 5) is 23.8. The molecule has 1 aliphatic heterocycles. The third-order valence-corrected chi connectivity index (χ3v) is 8.28. The highest BCUT2D eigenvalue weighted by molar-refractivity contribution is 8.14. The normalized spacial score (nSPS) is 14.7. The van der Waals surface area contributed by atoms with Crippen molar-refractivity contribution >= 4 is 28.6 Å². The Bertz CT molecular complexity index is 1680. The van der Waals surface area contributed by atoms with Crippen molar-refractivity contribution in [3.05, 3.63) is 89.2 Å². The Balaban J connectivity index is 1.17. The fourth-order valence-corrected chi connectivity index (χ4v) is 6.39. The van der Waals surface area contributed by atoms with Crippen LogP contribution in [0.5, 0.6) is 5.75 Å². The van der Waals surface area contributed by atoms with E-state index in [-0.39, 0.29) is 17.2 Å². The predicted octanol–water partition coefficient (Wildman–Crippen LogP) is 7.65. The maximum atomic E-state index is 12.9. The number of benzene rings is 3. The van der Waals surface area contributed by atoms with E-state index in [0.717, 1.165) is 40.7 Å². The second kappa shape index (κ2) is 13.0. The van der Waals surface area contributed by atoms with E-state index in [4.69, 9.17) is 0 Å². The van der Waals surface area contributed by atoms with Crippen LogP contribution >= 0.6 is 11.8 Å². The fourth-order valence-electron chi connectivity index (χ4n) is 5.45. The summed E-state index contributed by atoms with van der Waals surface area (Å²) in [6.45, 7) is 11.7. The van der Waals surface area contributed by atoms with Crippen LogP contribution in [0.3, 0.4) is 0 Å². The number of anilines is 1. The van der Waals surface area contributed by atoms with E-state index in [1.54, 1.807) is 11.8 Å². The van der Waals surface area contributed by atoms with Gasteiger partial charge in [-0.25, -0.2) is 14.5 Å². The van der Waals surface area contributed by atoms with Gasteiger partial charge in [0, 0.05) is 30.1 Å². The number of alkyl halides is 3. The van der Waals surface area contributed by atoms with E-state index in [0.29, 0.717) is 18.1 Å². The first kappa shape index (κ1) is 32.1. The van der Waals surface area contributed by atoms with Crippen molar-refractivity contribution in [3.8, 4) is 22.8 Å². The van der Waals surface area contributed by atoms with E-state index >= 15 is 0 Å². The van der Waals surface area contributed by atoms with Crippen LogP contribution in [-0.2, 0) is 6.42 Å². The highest BCUT2D eigenvalue weighted by atomic mass is 32.2. The molecule has 2 heterocycles. The summed E-state index contributed by atoms with van der Waals surface area (Å²) in [7, 11) is 0. The summed E-state index contributed by atoms with van der Waals surface area (Å²) in [6, 6.07) is 17.2. The third-order valence-electron chi connectivity index (χ3n) is 7.32. The maximum Gasteiger partial charge on any atom is 0.573 e. The number of aryl methyl sites for hydroxylation is 3. The number of ether oxygens (including phenoxy) is 1. The van der Waals surface area contributed by atoms with Gasteiger partial charge in [-0.05, 0) is 73.6 Å². The topological polar surface area (TPSA) is 84.6 Å². The largest absolute Gasteiger partial charge is 0.573 e. The van der Waals surface area contributed by atoms with Crippen LogP contribution in [-0.4, -0.2) is 51.2 Å². The molecule has 1 saturated heterocycles. The van der Waals surface area contributed by atoms with Crippen LogP contribution in [0.4, 0.5) is 23.7 Å². The molecule has 1 aliphatic rings. The molecule has 0 saturated carbocycles. The number of halogens is 3. The fraction of sp³-hybridized carbons (Fsp3) is 0.333. The van der Waals surface area contributed by atoms with Gasteiger partial charge in [-0.2, -0.15) is 4.99 Å². The molecule has 5 rings (SSSR count). The summed E-state index contributed by atoms with van der Waals surface area (Å²) in [5.74, 6) is 1.06. The van der Waals surface area contributed by atoms with Crippen LogP contribution in [0.25, 0.3) is 17.1 Å². The number of amides is 2. The highest BCUT2D eigenvalue weighted by Gasteiger charge is 2.31. The molecular formula is C33H35F3N6O2S. The molecule has 2 amide bonds. The van der Waals surface area contributed by atoms with Crippen LogP contribution in [0.2, 0.25) is 0 Å². The number of carbonyl (C=O) groups is 1. The molecule has 0 radical (unpaired) electrons. The minimum atomic E-state index is -4.75. The number of aliphatic imine (C=N–C) groups is 1. The predicted molar refractivity (Wildman–Crippen MR) is 172 cm³/mol. The van der Waals surface area contributed by atoms with Crippen molar-refractivity contribution in [2.75, 3.05) is 23.7 Å². The van der Waals surface area contributed by atoms with Gasteiger partial charge >= 0.3 is 12.4 Å². The summed E-state index contributed by atoms with van der Waals surface area (Å²) in [6.07, 6.45) is -2.52. The van der Waals surface area contributed by atoms with Gasteiger partial charge in [0.2, 0.25) is 0 Å². The van der Waals surface area contributed by atoms with Crippen LogP contribution in [0.1, 0.15) is 36.1 Å². The van der Waals surface area contributed by atoms with Crippen LogP contribution in [0.15, 0.2) is 72.0 Å². The summed E-state index contributed by atoms with van der Waals surface area (Å²) in [5, 5.41) is 8.19. The standard InChI is InChI=1S/C33H35F3N6O2S/c1-21-16-22(2)28(23(3)17-21)41-14-15-45-31(41)39-30(43)37-19-32(4,5)18-24-6-8-25(9-7-24)29-38-20-42(40-29)26-10-12-27(13-11-26)44-33(34,35)36/h6-13,16-17,20H,14-15,18-19H2,1-5H3,(H,37,43)/b39-31-. The van der Waals surface area contributed by atoms with Gasteiger partial charge in [-0.1, -0.05) is 67.6 Å². The molecule has 0 spiro atoms. The lowest BCUT2D eigenvalue weighted by molar-refractivity contribution is -0.274. The summed E-state index contributed by atoms with van der Waals surface area (Å²) < 4.78 is 42.7. The van der Waals surface area contributed by atoms with Crippen molar-refractivity contribution in [1.29, 1.82) is 0 Å². The van der Waals surface area contributed by atoms with E-state index in [1.165, 1.54) is 52.0 Å². The lowest BCUT2D eigenvalue weighted by atomic mass is 9.85. The molecule has 1 N–H and O–H groups in total. The Hall–Kier alpha value is -4.32. The van der Waals surface area contributed by atoms with Crippen molar-refractivity contribution in [3.63, 3.8) is 0 Å².